The summed E-state index contributed by atoms with van der Waals surface area (Å²) in [6, 6.07) is 94.4. The number of hydrogen-bond donors (Lipinski definition) is 0. The van der Waals surface area contributed by atoms with Gasteiger partial charge in [-0.05, 0) is 109 Å². The minimum absolute atomic E-state index is 0.466. The lowest BCUT2D eigenvalue weighted by atomic mass is 9.70. The highest BCUT2D eigenvalue weighted by atomic mass is 15.2. The van der Waals surface area contributed by atoms with Crippen LogP contribution in [0, 0.1) is 0 Å². The van der Waals surface area contributed by atoms with E-state index in [0.29, 0.717) is 0 Å². The summed E-state index contributed by atoms with van der Waals surface area (Å²) < 4.78 is 2.52. The van der Waals surface area contributed by atoms with Gasteiger partial charge in [0.05, 0.1) is 27.8 Å². The van der Waals surface area contributed by atoms with Gasteiger partial charge in [-0.1, -0.05) is 212 Å². The van der Waals surface area contributed by atoms with E-state index in [-0.39, 0.29) is 0 Å². The highest BCUT2D eigenvalue weighted by Crippen LogP contribution is 2.65. The molecule has 2 nitrogen and oxygen atoms in total. The van der Waals surface area contributed by atoms with Gasteiger partial charge in [-0.15, -0.1) is 0 Å². The lowest BCUT2D eigenvalue weighted by Crippen LogP contribution is -2.26. The number of rotatable bonds is 6. The molecule has 0 bridgehead atoms. The molecule has 0 unspecified atom stereocenters. The normalized spacial score (nSPS) is 12.9. The molecule has 0 saturated carbocycles. The van der Waals surface area contributed by atoms with Gasteiger partial charge >= 0.3 is 0 Å². The molecule has 0 atom stereocenters. The fraction of sp³-hybridized carbons (Fsp3) is 0.0154. The minimum Gasteiger partial charge on any atom is -0.309 e. The summed E-state index contributed by atoms with van der Waals surface area (Å²) in [7, 11) is 0. The predicted octanol–water partition coefficient (Wildman–Crippen LogP) is 17.1. The molecule has 11 aromatic carbocycles. The standard InChI is InChI=1S/C65H42N2/c1-4-19-43(20-5-1)45-35-38-49(39-36-45)67-60-41-46(44-21-6-2-7-22-44)37-40-54(60)63-61(42-47-23-10-11-26-50(47)64(63)67)66(48-24-8-3-9-25-48)59-34-18-33-58-62(59)53-29-14-17-32-57(53)65(58)55-30-15-12-27-51(55)52-28-13-16-31-56(52)65/h1-42H. The summed E-state index contributed by atoms with van der Waals surface area (Å²) in [6.45, 7) is 0. The Bertz CT molecular complexity index is 3860. The zero-order chi connectivity index (χ0) is 44.1. The Morgan fingerprint density at radius 2 is 0.866 bits per heavy atom. The number of aromatic nitrogens is 1. The Hall–Kier alpha value is -8.72. The molecule has 0 amide bonds. The van der Waals surface area contributed by atoms with Crippen LogP contribution in [0.1, 0.15) is 22.3 Å². The first kappa shape index (κ1) is 37.6. The Balaban J connectivity index is 1.10. The maximum absolute atomic E-state index is 2.56. The van der Waals surface area contributed by atoms with E-state index in [0.717, 1.165) is 28.3 Å². The smallest absolute Gasteiger partial charge is 0.0726 e. The summed E-state index contributed by atoms with van der Waals surface area (Å²) in [5, 5.41) is 4.80. The number of fused-ring (bicyclic) bond motifs is 15. The van der Waals surface area contributed by atoms with Gasteiger partial charge < -0.3 is 9.47 Å². The van der Waals surface area contributed by atoms with Crippen molar-refractivity contribution in [1.29, 1.82) is 0 Å². The number of hydrogen-bond acceptors (Lipinski definition) is 1. The summed E-state index contributed by atoms with van der Waals surface area (Å²) in [5.41, 5.74) is 21.6. The van der Waals surface area contributed by atoms with Crippen molar-refractivity contribution in [1.82, 2.24) is 4.57 Å². The summed E-state index contributed by atoms with van der Waals surface area (Å²) in [5.74, 6) is 0. The minimum atomic E-state index is -0.466. The van der Waals surface area contributed by atoms with Crippen LogP contribution >= 0.6 is 0 Å². The molecule has 1 spiro atoms. The van der Waals surface area contributed by atoms with Crippen LogP contribution in [-0.2, 0) is 5.41 Å². The van der Waals surface area contributed by atoms with Gasteiger partial charge in [-0.25, -0.2) is 0 Å². The molecule has 2 heteroatoms. The number of para-hydroxylation sites is 1. The van der Waals surface area contributed by atoms with E-state index in [9.17, 15) is 0 Å². The van der Waals surface area contributed by atoms with Gasteiger partial charge in [0.25, 0.3) is 0 Å². The van der Waals surface area contributed by atoms with Crippen molar-refractivity contribution in [3.8, 4) is 50.2 Å². The van der Waals surface area contributed by atoms with Crippen LogP contribution in [0.3, 0.4) is 0 Å². The topological polar surface area (TPSA) is 8.17 Å². The summed E-state index contributed by atoms with van der Waals surface area (Å²) in [6.07, 6.45) is 0. The molecule has 2 aliphatic carbocycles. The molecule has 14 rings (SSSR count). The lowest BCUT2D eigenvalue weighted by Gasteiger charge is -2.32. The second-order valence-electron chi connectivity index (χ2n) is 17.9. The van der Waals surface area contributed by atoms with E-state index in [1.807, 2.05) is 0 Å². The van der Waals surface area contributed by atoms with Gasteiger partial charge in [-0.2, -0.15) is 0 Å². The Morgan fingerprint density at radius 3 is 1.55 bits per heavy atom. The fourth-order valence-corrected chi connectivity index (χ4v) is 11.8. The molecular weight excluding hydrogens is 809 g/mol. The summed E-state index contributed by atoms with van der Waals surface area (Å²) >= 11 is 0. The SMILES string of the molecule is c1ccc(-c2ccc(-n3c4cc(-c5ccccc5)ccc4c4c(N(c5ccccc5)c5cccc6c5-c5ccccc5C65c6ccccc6-c6ccccc65)cc5ccccc5c43)cc2)cc1. The van der Waals surface area contributed by atoms with Crippen molar-refractivity contribution in [2.24, 2.45) is 0 Å². The number of benzene rings is 11. The van der Waals surface area contributed by atoms with Crippen LogP contribution in [-0.4, -0.2) is 4.57 Å². The molecule has 12 aromatic rings. The predicted molar refractivity (Wildman–Crippen MR) is 280 cm³/mol. The van der Waals surface area contributed by atoms with Gasteiger partial charge in [0, 0.05) is 33.1 Å². The van der Waals surface area contributed by atoms with E-state index in [1.54, 1.807) is 0 Å². The highest BCUT2D eigenvalue weighted by Gasteiger charge is 2.52. The molecule has 0 saturated heterocycles. The maximum Gasteiger partial charge on any atom is 0.0726 e. The fourth-order valence-electron chi connectivity index (χ4n) is 11.8. The number of nitrogens with zero attached hydrogens (tertiary/aromatic N) is 2. The zero-order valence-electron chi connectivity index (χ0n) is 36.6. The average molecular weight is 851 g/mol. The first-order valence-electron chi connectivity index (χ1n) is 23.3. The van der Waals surface area contributed by atoms with Gasteiger partial charge in [0.2, 0.25) is 0 Å². The van der Waals surface area contributed by atoms with Crippen molar-refractivity contribution < 1.29 is 0 Å². The maximum atomic E-state index is 2.56. The highest BCUT2D eigenvalue weighted by molar-refractivity contribution is 6.25. The molecule has 2 aliphatic rings. The Kier molecular flexibility index (Phi) is 8.23. The van der Waals surface area contributed by atoms with Crippen molar-refractivity contribution in [2.45, 2.75) is 5.41 Å². The second kappa shape index (κ2) is 14.7. The van der Waals surface area contributed by atoms with E-state index < -0.39 is 5.41 Å². The number of anilines is 3. The molecular formula is C65H42N2. The third-order valence-corrected chi connectivity index (χ3v) is 14.6. The van der Waals surface area contributed by atoms with Gasteiger partial charge in [-0.3, -0.25) is 0 Å². The van der Waals surface area contributed by atoms with Crippen LogP contribution in [0.25, 0.3) is 82.8 Å². The molecule has 0 radical (unpaired) electrons. The van der Waals surface area contributed by atoms with Crippen molar-refractivity contribution in [2.75, 3.05) is 4.90 Å². The van der Waals surface area contributed by atoms with Crippen LogP contribution < -0.4 is 4.90 Å². The summed E-state index contributed by atoms with van der Waals surface area (Å²) in [4.78, 5) is 2.56. The van der Waals surface area contributed by atoms with E-state index >= 15 is 0 Å². The molecule has 0 aliphatic heterocycles. The van der Waals surface area contributed by atoms with Crippen LogP contribution in [0.5, 0.6) is 0 Å². The molecule has 1 heterocycles. The molecule has 0 N–H and O–H groups in total. The average Bonchev–Trinajstić information content (AvgIpc) is 4.02. The molecule has 1 aromatic heterocycles. The quantitative estimate of drug-likeness (QED) is 0.162. The first-order chi connectivity index (χ1) is 33.3. The third-order valence-electron chi connectivity index (χ3n) is 14.6. The second-order valence-corrected chi connectivity index (χ2v) is 17.9. The van der Waals surface area contributed by atoms with Crippen LogP contribution in [0.2, 0.25) is 0 Å². The van der Waals surface area contributed by atoms with E-state index in [4.69, 9.17) is 0 Å². The Morgan fingerprint density at radius 1 is 0.343 bits per heavy atom. The zero-order valence-corrected chi connectivity index (χ0v) is 36.6. The van der Waals surface area contributed by atoms with Crippen molar-refractivity contribution in [3.63, 3.8) is 0 Å². The Labute approximate surface area is 389 Å². The monoisotopic (exact) mass is 850 g/mol. The van der Waals surface area contributed by atoms with E-state index in [2.05, 4.69) is 264 Å². The molecule has 67 heavy (non-hydrogen) atoms. The van der Waals surface area contributed by atoms with Crippen molar-refractivity contribution in [3.05, 3.63) is 277 Å². The lowest BCUT2D eigenvalue weighted by molar-refractivity contribution is 0.794. The van der Waals surface area contributed by atoms with Crippen LogP contribution in [0.15, 0.2) is 255 Å². The third kappa shape index (κ3) is 5.39. The van der Waals surface area contributed by atoms with Crippen LogP contribution in [0.4, 0.5) is 17.1 Å². The van der Waals surface area contributed by atoms with E-state index in [1.165, 1.54) is 93.8 Å². The molecule has 0 fully saturated rings. The van der Waals surface area contributed by atoms with Crippen molar-refractivity contribution >= 4 is 49.6 Å². The first-order valence-corrected chi connectivity index (χ1v) is 23.3. The van der Waals surface area contributed by atoms with Gasteiger partial charge in [0.1, 0.15) is 0 Å². The molecule has 312 valence electrons. The van der Waals surface area contributed by atoms with Gasteiger partial charge in [0.15, 0.2) is 0 Å². The largest absolute Gasteiger partial charge is 0.309 e.